The number of carbonyl (C=O) groups excluding carboxylic acids is 1. The number of aromatic nitrogens is 2. The molecule has 138 valence electrons. The van der Waals surface area contributed by atoms with Crippen LogP contribution in [0.2, 0.25) is 10.3 Å². The lowest BCUT2D eigenvalue weighted by Crippen LogP contribution is -2.41. The Bertz CT molecular complexity index is 785. The minimum Gasteiger partial charge on any atom is -0.373 e. The quantitative estimate of drug-likeness (QED) is 0.428. The van der Waals surface area contributed by atoms with Crippen LogP contribution in [0.25, 0.3) is 0 Å². The third-order valence-electron chi connectivity index (χ3n) is 4.38. The van der Waals surface area contributed by atoms with Crippen LogP contribution in [0.1, 0.15) is 42.5 Å². The van der Waals surface area contributed by atoms with Crippen molar-refractivity contribution in [1.82, 2.24) is 15.3 Å². The van der Waals surface area contributed by atoms with E-state index in [4.69, 9.17) is 23.2 Å². The molecule has 1 amide bonds. The Morgan fingerprint density at radius 1 is 1.23 bits per heavy atom. The SMILES string of the molecule is O=C(NC(O)C1CCCCC1)c1cc(Sc2ccnc(Cl)n2)ccc1Cl. The van der Waals surface area contributed by atoms with Crippen molar-refractivity contribution >= 4 is 40.9 Å². The first-order valence-corrected chi connectivity index (χ1v) is 10.0. The number of rotatable bonds is 5. The topological polar surface area (TPSA) is 75.1 Å². The molecular weight excluding hydrogens is 393 g/mol. The summed E-state index contributed by atoms with van der Waals surface area (Å²) in [5.74, 6) is -0.275. The molecule has 1 aromatic heterocycles. The monoisotopic (exact) mass is 411 g/mol. The molecule has 0 bridgehead atoms. The van der Waals surface area contributed by atoms with E-state index in [-0.39, 0.29) is 17.1 Å². The highest BCUT2D eigenvalue weighted by Crippen LogP contribution is 2.30. The molecular formula is C18H19Cl2N3O2S. The van der Waals surface area contributed by atoms with Gasteiger partial charge in [0, 0.05) is 17.0 Å². The minimum atomic E-state index is -0.851. The Hall–Kier alpha value is -1.34. The van der Waals surface area contributed by atoms with Gasteiger partial charge in [0.05, 0.1) is 10.6 Å². The summed E-state index contributed by atoms with van der Waals surface area (Å²) in [6.07, 6.45) is 5.95. The van der Waals surface area contributed by atoms with E-state index in [0.29, 0.717) is 15.6 Å². The average Bonchev–Trinajstić information content (AvgIpc) is 2.64. The number of hydrogen-bond donors (Lipinski definition) is 2. The van der Waals surface area contributed by atoms with Crippen molar-refractivity contribution in [3.05, 3.63) is 46.3 Å². The van der Waals surface area contributed by atoms with Gasteiger partial charge in [-0.05, 0) is 48.7 Å². The molecule has 8 heteroatoms. The van der Waals surface area contributed by atoms with Crippen LogP contribution in [0.5, 0.6) is 0 Å². The summed E-state index contributed by atoms with van der Waals surface area (Å²) in [5, 5.41) is 14.2. The maximum Gasteiger partial charge on any atom is 0.254 e. The lowest BCUT2D eigenvalue weighted by atomic mass is 9.88. The summed E-state index contributed by atoms with van der Waals surface area (Å²) in [7, 11) is 0. The fourth-order valence-electron chi connectivity index (χ4n) is 3.02. The van der Waals surface area contributed by atoms with Crippen molar-refractivity contribution in [1.29, 1.82) is 0 Å². The van der Waals surface area contributed by atoms with E-state index in [1.165, 1.54) is 18.2 Å². The van der Waals surface area contributed by atoms with Gasteiger partial charge < -0.3 is 10.4 Å². The third kappa shape index (κ3) is 5.10. The van der Waals surface area contributed by atoms with E-state index in [9.17, 15) is 9.90 Å². The summed E-state index contributed by atoms with van der Waals surface area (Å²) in [4.78, 5) is 21.3. The normalized spacial score (nSPS) is 16.3. The van der Waals surface area contributed by atoms with Crippen LogP contribution in [0.4, 0.5) is 0 Å². The average molecular weight is 412 g/mol. The van der Waals surface area contributed by atoms with Crippen molar-refractivity contribution in [2.24, 2.45) is 5.92 Å². The van der Waals surface area contributed by atoms with Crippen molar-refractivity contribution in [3.63, 3.8) is 0 Å². The zero-order valence-corrected chi connectivity index (χ0v) is 16.3. The molecule has 1 atom stereocenters. The number of aliphatic hydroxyl groups excluding tert-OH is 1. The Labute approximate surface area is 166 Å². The Morgan fingerprint density at radius 2 is 2.00 bits per heavy atom. The Morgan fingerprint density at radius 3 is 2.73 bits per heavy atom. The summed E-state index contributed by atoms with van der Waals surface area (Å²) in [6.45, 7) is 0. The van der Waals surface area contributed by atoms with Crippen molar-refractivity contribution in [2.45, 2.75) is 48.3 Å². The van der Waals surface area contributed by atoms with Crippen LogP contribution in [-0.4, -0.2) is 27.2 Å². The van der Waals surface area contributed by atoms with Gasteiger partial charge in [0.1, 0.15) is 11.3 Å². The van der Waals surface area contributed by atoms with E-state index in [1.54, 1.807) is 30.5 Å². The second kappa shape index (κ2) is 9.04. The largest absolute Gasteiger partial charge is 0.373 e. The van der Waals surface area contributed by atoms with Gasteiger partial charge in [0.2, 0.25) is 5.28 Å². The number of nitrogens with one attached hydrogen (secondary N) is 1. The van der Waals surface area contributed by atoms with Gasteiger partial charge in [-0.15, -0.1) is 0 Å². The molecule has 26 heavy (non-hydrogen) atoms. The van der Waals surface area contributed by atoms with Gasteiger partial charge in [-0.2, -0.15) is 0 Å². The van der Waals surface area contributed by atoms with E-state index >= 15 is 0 Å². The van der Waals surface area contributed by atoms with Crippen LogP contribution in [0.3, 0.4) is 0 Å². The standard InChI is InChI=1S/C18H19Cl2N3O2S/c19-14-7-6-12(26-15-8-9-21-18(20)22-15)10-13(14)17(25)23-16(24)11-4-2-1-3-5-11/h6-11,16,24H,1-5H2,(H,23,25). The number of benzene rings is 1. The first kappa shape index (κ1) is 19.4. The minimum absolute atomic E-state index is 0.104. The van der Waals surface area contributed by atoms with Gasteiger partial charge in [-0.3, -0.25) is 4.79 Å². The predicted octanol–water partition coefficient (Wildman–Crippen LogP) is 4.56. The van der Waals surface area contributed by atoms with Gasteiger partial charge in [-0.25, -0.2) is 9.97 Å². The van der Waals surface area contributed by atoms with Gasteiger partial charge in [0.25, 0.3) is 5.91 Å². The summed E-state index contributed by atoms with van der Waals surface area (Å²) >= 11 is 13.3. The van der Waals surface area contributed by atoms with Gasteiger partial charge in [-0.1, -0.05) is 42.6 Å². The third-order valence-corrected chi connectivity index (χ3v) is 5.82. The van der Waals surface area contributed by atoms with E-state index in [2.05, 4.69) is 15.3 Å². The molecule has 0 aliphatic heterocycles. The number of amides is 1. The van der Waals surface area contributed by atoms with Crippen molar-refractivity contribution < 1.29 is 9.90 Å². The summed E-state index contributed by atoms with van der Waals surface area (Å²) in [5.41, 5.74) is 0.326. The molecule has 1 saturated carbocycles. The highest BCUT2D eigenvalue weighted by Gasteiger charge is 2.24. The fraction of sp³-hybridized carbons (Fsp3) is 0.389. The van der Waals surface area contributed by atoms with Gasteiger partial charge in [0.15, 0.2) is 0 Å². The summed E-state index contributed by atoms with van der Waals surface area (Å²) < 4.78 is 0. The second-order valence-electron chi connectivity index (χ2n) is 6.22. The molecule has 0 saturated heterocycles. The first-order valence-electron chi connectivity index (χ1n) is 8.48. The van der Waals surface area contributed by atoms with Crippen LogP contribution in [-0.2, 0) is 0 Å². The number of nitrogens with zero attached hydrogens (tertiary/aromatic N) is 2. The Balaban J connectivity index is 1.71. The highest BCUT2D eigenvalue weighted by molar-refractivity contribution is 7.99. The molecule has 1 aliphatic carbocycles. The second-order valence-corrected chi connectivity index (χ2v) is 8.06. The molecule has 1 fully saturated rings. The molecule has 0 radical (unpaired) electrons. The number of aliphatic hydroxyl groups is 1. The number of carbonyl (C=O) groups is 1. The van der Waals surface area contributed by atoms with Crippen LogP contribution >= 0.6 is 35.0 Å². The van der Waals surface area contributed by atoms with Crippen LogP contribution in [0.15, 0.2) is 40.4 Å². The molecule has 1 heterocycles. The molecule has 5 nitrogen and oxygen atoms in total. The summed E-state index contributed by atoms with van der Waals surface area (Å²) in [6, 6.07) is 6.88. The molecule has 3 rings (SSSR count). The first-order chi connectivity index (χ1) is 12.5. The van der Waals surface area contributed by atoms with Crippen LogP contribution in [0, 0.1) is 5.92 Å². The van der Waals surface area contributed by atoms with E-state index in [1.807, 2.05) is 0 Å². The molecule has 2 N–H and O–H groups in total. The van der Waals surface area contributed by atoms with E-state index in [0.717, 1.165) is 30.6 Å². The number of hydrogen-bond acceptors (Lipinski definition) is 5. The molecule has 1 aromatic carbocycles. The highest BCUT2D eigenvalue weighted by atomic mass is 35.5. The fourth-order valence-corrected chi connectivity index (χ4v) is 4.24. The maximum absolute atomic E-state index is 12.6. The van der Waals surface area contributed by atoms with Crippen molar-refractivity contribution in [3.8, 4) is 0 Å². The molecule has 1 aliphatic rings. The number of halogens is 2. The molecule has 0 spiro atoms. The van der Waals surface area contributed by atoms with Crippen LogP contribution < -0.4 is 5.32 Å². The maximum atomic E-state index is 12.6. The molecule has 2 aromatic rings. The zero-order chi connectivity index (χ0) is 18.5. The predicted molar refractivity (Wildman–Crippen MR) is 103 cm³/mol. The Kier molecular flexibility index (Phi) is 6.75. The zero-order valence-electron chi connectivity index (χ0n) is 14.0. The van der Waals surface area contributed by atoms with Crippen molar-refractivity contribution in [2.75, 3.05) is 0 Å². The van der Waals surface area contributed by atoms with Gasteiger partial charge >= 0.3 is 0 Å². The smallest absolute Gasteiger partial charge is 0.254 e. The lowest BCUT2D eigenvalue weighted by Gasteiger charge is -2.27. The molecule has 1 unspecified atom stereocenters. The lowest BCUT2D eigenvalue weighted by molar-refractivity contribution is 0.0463. The van der Waals surface area contributed by atoms with E-state index < -0.39 is 6.23 Å².